The van der Waals surface area contributed by atoms with Crippen LogP contribution in [0.5, 0.6) is 11.5 Å². The predicted octanol–water partition coefficient (Wildman–Crippen LogP) is 1.89. The van der Waals surface area contributed by atoms with Crippen molar-refractivity contribution in [1.29, 1.82) is 0 Å². The molecular weight excluding hydrogens is 344 g/mol. The van der Waals surface area contributed by atoms with E-state index in [0.29, 0.717) is 0 Å². The summed E-state index contributed by atoms with van der Waals surface area (Å²) in [6, 6.07) is 6.10. The smallest absolute Gasteiger partial charge is 0.225 e. The number of nitrogens with zero attached hydrogens (tertiary/aromatic N) is 4. The average Bonchev–Trinajstić information content (AvgIpc) is 2.74. The summed E-state index contributed by atoms with van der Waals surface area (Å²) in [5.74, 6) is 2.37. The largest absolute Gasteiger partial charge is 0.493 e. The molecule has 0 atom stereocenters. The Balaban J connectivity index is 1.44. The molecule has 144 valence electrons. The van der Waals surface area contributed by atoms with E-state index in [9.17, 15) is 0 Å². The summed E-state index contributed by atoms with van der Waals surface area (Å²) in [7, 11) is 3.33. The topological polar surface area (TPSA) is 60.0 Å². The first-order valence-corrected chi connectivity index (χ1v) is 9.37. The molecule has 0 amide bonds. The first-order valence-electron chi connectivity index (χ1n) is 9.37. The lowest BCUT2D eigenvalue weighted by atomic mass is 10.1. The number of fused-ring (bicyclic) bond motifs is 1. The van der Waals surface area contributed by atoms with Crippen LogP contribution in [0.15, 0.2) is 24.4 Å². The Labute approximate surface area is 159 Å². The number of aromatic nitrogens is 2. The van der Waals surface area contributed by atoms with E-state index in [4.69, 9.17) is 19.2 Å². The van der Waals surface area contributed by atoms with Crippen molar-refractivity contribution in [3.63, 3.8) is 0 Å². The number of hydrogen-bond donors (Lipinski definition) is 0. The maximum Gasteiger partial charge on any atom is 0.225 e. The first-order chi connectivity index (χ1) is 13.3. The van der Waals surface area contributed by atoms with E-state index < -0.39 is 0 Å². The van der Waals surface area contributed by atoms with Crippen LogP contribution in [0.25, 0.3) is 0 Å². The van der Waals surface area contributed by atoms with Gasteiger partial charge in [0.15, 0.2) is 11.5 Å². The highest BCUT2D eigenvalue weighted by Crippen LogP contribution is 2.29. The Kier molecular flexibility index (Phi) is 5.40. The van der Waals surface area contributed by atoms with Gasteiger partial charge in [-0.2, -0.15) is 0 Å². The monoisotopic (exact) mass is 370 g/mol. The third-order valence-electron chi connectivity index (χ3n) is 5.15. The number of ether oxygens (including phenoxy) is 3. The van der Waals surface area contributed by atoms with Crippen molar-refractivity contribution in [3.8, 4) is 11.5 Å². The molecule has 0 N–H and O–H groups in total. The molecule has 7 heteroatoms. The van der Waals surface area contributed by atoms with E-state index in [1.165, 1.54) is 16.8 Å². The Morgan fingerprint density at radius 3 is 2.67 bits per heavy atom. The van der Waals surface area contributed by atoms with Gasteiger partial charge in [-0.25, -0.2) is 9.97 Å². The van der Waals surface area contributed by atoms with Gasteiger partial charge in [-0.1, -0.05) is 6.07 Å². The fourth-order valence-corrected chi connectivity index (χ4v) is 3.65. The van der Waals surface area contributed by atoms with Crippen molar-refractivity contribution >= 4 is 5.95 Å². The molecule has 0 saturated carbocycles. The van der Waals surface area contributed by atoms with Crippen LogP contribution in [0, 0.1) is 0 Å². The molecule has 0 spiro atoms. The summed E-state index contributed by atoms with van der Waals surface area (Å²) in [5, 5.41) is 0. The molecule has 3 heterocycles. The fraction of sp³-hybridized carbons (Fsp3) is 0.500. The van der Waals surface area contributed by atoms with Crippen molar-refractivity contribution < 1.29 is 14.2 Å². The summed E-state index contributed by atoms with van der Waals surface area (Å²) >= 11 is 0. The fourth-order valence-electron chi connectivity index (χ4n) is 3.65. The molecule has 0 bridgehead atoms. The zero-order valence-corrected chi connectivity index (χ0v) is 16.0. The lowest BCUT2D eigenvalue weighted by Gasteiger charge is -2.30. The van der Waals surface area contributed by atoms with Gasteiger partial charge in [0.2, 0.25) is 5.95 Å². The van der Waals surface area contributed by atoms with E-state index in [0.717, 1.165) is 69.8 Å². The third-order valence-corrected chi connectivity index (χ3v) is 5.15. The number of rotatable bonds is 5. The highest BCUT2D eigenvalue weighted by atomic mass is 16.5. The van der Waals surface area contributed by atoms with Crippen molar-refractivity contribution in [2.24, 2.45) is 0 Å². The van der Waals surface area contributed by atoms with Gasteiger partial charge in [0, 0.05) is 50.9 Å². The van der Waals surface area contributed by atoms with E-state index in [1.807, 2.05) is 18.3 Å². The normalized spacial score (nSPS) is 17.5. The van der Waals surface area contributed by atoms with Crippen molar-refractivity contribution in [2.75, 3.05) is 52.0 Å². The van der Waals surface area contributed by atoms with Crippen LogP contribution in [0.3, 0.4) is 0 Å². The van der Waals surface area contributed by atoms with E-state index >= 15 is 0 Å². The Morgan fingerprint density at radius 2 is 1.89 bits per heavy atom. The molecule has 0 radical (unpaired) electrons. The molecule has 2 aliphatic rings. The molecule has 0 aliphatic carbocycles. The van der Waals surface area contributed by atoms with Crippen LogP contribution in [-0.4, -0.2) is 61.9 Å². The minimum atomic E-state index is 0.750. The molecule has 2 aromatic rings. The minimum absolute atomic E-state index is 0.750. The second-order valence-corrected chi connectivity index (χ2v) is 6.89. The zero-order chi connectivity index (χ0) is 18.6. The average molecular weight is 370 g/mol. The Hall–Kier alpha value is -2.38. The van der Waals surface area contributed by atoms with Crippen LogP contribution in [0.4, 0.5) is 5.95 Å². The van der Waals surface area contributed by atoms with Gasteiger partial charge in [0.1, 0.15) is 0 Å². The standard InChI is InChI=1S/C20H26N4O3/c1-25-18-4-3-15(11-19(18)26-2)13-23-6-5-17-16(14-23)12-21-20(22-17)24-7-9-27-10-8-24/h3-4,11-12H,5-10,13-14H2,1-2H3. The lowest BCUT2D eigenvalue weighted by molar-refractivity contribution is 0.122. The summed E-state index contributed by atoms with van der Waals surface area (Å²) in [4.78, 5) is 14.1. The second kappa shape index (κ2) is 8.10. The number of methoxy groups -OCH3 is 2. The molecular formula is C20H26N4O3. The molecule has 7 nitrogen and oxygen atoms in total. The van der Waals surface area contributed by atoms with Gasteiger partial charge in [-0.15, -0.1) is 0 Å². The van der Waals surface area contributed by atoms with Gasteiger partial charge in [-0.05, 0) is 17.7 Å². The van der Waals surface area contributed by atoms with Crippen LogP contribution in [0.2, 0.25) is 0 Å². The van der Waals surface area contributed by atoms with E-state index in [-0.39, 0.29) is 0 Å². The van der Waals surface area contributed by atoms with Gasteiger partial charge >= 0.3 is 0 Å². The number of morpholine rings is 1. The Morgan fingerprint density at radius 1 is 1.07 bits per heavy atom. The van der Waals surface area contributed by atoms with Gasteiger partial charge in [0.25, 0.3) is 0 Å². The number of anilines is 1. The molecule has 1 saturated heterocycles. The van der Waals surface area contributed by atoms with Gasteiger partial charge in [-0.3, -0.25) is 4.90 Å². The maximum atomic E-state index is 5.42. The highest BCUT2D eigenvalue weighted by Gasteiger charge is 2.21. The van der Waals surface area contributed by atoms with E-state index in [2.05, 4.69) is 20.9 Å². The summed E-state index contributed by atoms with van der Waals surface area (Å²) in [6.45, 7) is 5.95. The number of hydrogen-bond acceptors (Lipinski definition) is 7. The molecule has 4 rings (SSSR count). The molecule has 1 fully saturated rings. The highest BCUT2D eigenvalue weighted by molar-refractivity contribution is 5.43. The second-order valence-electron chi connectivity index (χ2n) is 6.89. The third kappa shape index (κ3) is 3.99. The summed E-state index contributed by atoms with van der Waals surface area (Å²) in [6.07, 6.45) is 2.94. The quantitative estimate of drug-likeness (QED) is 0.796. The first kappa shape index (κ1) is 18.0. The molecule has 1 aromatic carbocycles. The van der Waals surface area contributed by atoms with Crippen molar-refractivity contribution in [1.82, 2.24) is 14.9 Å². The lowest BCUT2D eigenvalue weighted by Crippen LogP contribution is -2.38. The van der Waals surface area contributed by atoms with Gasteiger partial charge in [0.05, 0.1) is 33.1 Å². The molecule has 0 unspecified atom stereocenters. The van der Waals surface area contributed by atoms with Crippen molar-refractivity contribution in [3.05, 3.63) is 41.2 Å². The molecule has 27 heavy (non-hydrogen) atoms. The van der Waals surface area contributed by atoms with E-state index in [1.54, 1.807) is 14.2 Å². The van der Waals surface area contributed by atoms with Crippen LogP contribution >= 0.6 is 0 Å². The summed E-state index contributed by atoms with van der Waals surface area (Å²) in [5.41, 5.74) is 3.61. The van der Waals surface area contributed by atoms with Crippen LogP contribution in [-0.2, 0) is 24.2 Å². The zero-order valence-electron chi connectivity index (χ0n) is 16.0. The van der Waals surface area contributed by atoms with Crippen LogP contribution in [0.1, 0.15) is 16.8 Å². The van der Waals surface area contributed by atoms with Crippen molar-refractivity contribution in [2.45, 2.75) is 19.5 Å². The predicted molar refractivity (Wildman–Crippen MR) is 102 cm³/mol. The minimum Gasteiger partial charge on any atom is -0.493 e. The molecule has 1 aromatic heterocycles. The number of benzene rings is 1. The maximum absolute atomic E-state index is 5.42. The summed E-state index contributed by atoms with van der Waals surface area (Å²) < 4.78 is 16.2. The Bertz CT molecular complexity index is 793. The van der Waals surface area contributed by atoms with Crippen LogP contribution < -0.4 is 14.4 Å². The van der Waals surface area contributed by atoms with Gasteiger partial charge < -0.3 is 19.1 Å². The molecule has 2 aliphatic heterocycles. The SMILES string of the molecule is COc1ccc(CN2CCc3nc(N4CCOCC4)ncc3C2)cc1OC.